The van der Waals surface area contributed by atoms with Crippen LogP contribution in [-0.2, 0) is 10.0 Å². The SMILES string of the molecule is COc1ncc(S(N)(=O)=O)cc1OC1CC1. The molecule has 1 aliphatic rings. The molecule has 0 aromatic carbocycles. The Labute approximate surface area is 93.4 Å². The summed E-state index contributed by atoms with van der Waals surface area (Å²) in [6.45, 7) is 0. The fraction of sp³-hybridized carbons (Fsp3) is 0.444. The molecule has 0 bridgehead atoms. The van der Waals surface area contributed by atoms with E-state index >= 15 is 0 Å². The standard InChI is InChI=1S/C9H12N2O4S/c1-14-9-8(15-6-2-3-6)4-7(5-11-9)16(10,12)13/h4-6H,2-3H2,1H3,(H2,10,12,13). The Morgan fingerprint density at radius 1 is 1.50 bits per heavy atom. The fourth-order valence-corrected chi connectivity index (χ4v) is 1.64. The second-order valence-electron chi connectivity index (χ2n) is 3.54. The Morgan fingerprint density at radius 3 is 2.69 bits per heavy atom. The number of primary sulfonamides is 1. The van der Waals surface area contributed by atoms with Crippen LogP contribution in [0.1, 0.15) is 12.8 Å². The van der Waals surface area contributed by atoms with Crippen LogP contribution in [0.15, 0.2) is 17.2 Å². The number of ether oxygens (including phenoxy) is 2. The largest absolute Gasteiger partial charge is 0.485 e. The van der Waals surface area contributed by atoms with Crippen molar-refractivity contribution in [1.29, 1.82) is 0 Å². The number of nitrogens with two attached hydrogens (primary N) is 1. The molecule has 1 aromatic rings. The molecule has 1 saturated carbocycles. The summed E-state index contributed by atoms with van der Waals surface area (Å²) in [6, 6.07) is 1.33. The number of hydrogen-bond donors (Lipinski definition) is 1. The van der Waals surface area contributed by atoms with E-state index in [4.69, 9.17) is 14.6 Å². The van der Waals surface area contributed by atoms with Gasteiger partial charge < -0.3 is 9.47 Å². The second-order valence-corrected chi connectivity index (χ2v) is 5.10. The van der Waals surface area contributed by atoms with Crippen LogP contribution in [0.4, 0.5) is 0 Å². The van der Waals surface area contributed by atoms with Crippen molar-refractivity contribution in [3.8, 4) is 11.6 Å². The van der Waals surface area contributed by atoms with E-state index in [1.54, 1.807) is 0 Å². The molecule has 1 aromatic heterocycles. The first kappa shape index (κ1) is 11.2. The van der Waals surface area contributed by atoms with Gasteiger partial charge in [-0.05, 0) is 12.8 Å². The topological polar surface area (TPSA) is 91.5 Å². The lowest BCUT2D eigenvalue weighted by atomic mass is 10.4. The lowest BCUT2D eigenvalue weighted by Gasteiger charge is -2.09. The normalized spacial score (nSPS) is 15.9. The van der Waals surface area contributed by atoms with Crippen LogP contribution in [0, 0.1) is 0 Å². The first-order chi connectivity index (χ1) is 7.50. The molecule has 1 fully saturated rings. The summed E-state index contributed by atoms with van der Waals surface area (Å²) in [4.78, 5) is 3.76. The van der Waals surface area contributed by atoms with E-state index in [0.29, 0.717) is 5.75 Å². The Kier molecular flexibility index (Phi) is 2.73. The van der Waals surface area contributed by atoms with E-state index in [2.05, 4.69) is 4.98 Å². The van der Waals surface area contributed by atoms with E-state index in [1.807, 2.05) is 0 Å². The molecule has 7 heteroatoms. The zero-order valence-electron chi connectivity index (χ0n) is 8.71. The van der Waals surface area contributed by atoms with E-state index in [0.717, 1.165) is 19.0 Å². The van der Waals surface area contributed by atoms with Gasteiger partial charge >= 0.3 is 0 Å². The van der Waals surface area contributed by atoms with Crippen molar-refractivity contribution < 1.29 is 17.9 Å². The number of nitrogens with zero attached hydrogens (tertiary/aromatic N) is 1. The highest BCUT2D eigenvalue weighted by Crippen LogP contribution is 2.33. The maximum Gasteiger partial charge on any atom is 0.256 e. The second kappa shape index (κ2) is 3.91. The van der Waals surface area contributed by atoms with Gasteiger partial charge in [-0.15, -0.1) is 0 Å². The number of rotatable bonds is 4. The minimum Gasteiger partial charge on any atom is -0.485 e. The Balaban J connectivity index is 2.37. The molecule has 0 atom stereocenters. The Hall–Kier alpha value is -1.34. The molecular weight excluding hydrogens is 232 g/mol. The van der Waals surface area contributed by atoms with E-state index in [1.165, 1.54) is 13.2 Å². The Bertz CT molecular complexity index is 496. The lowest BCUT2D eigenvalue weighted by Crippen LogP contribution is -2.13. The highest BCUT2D eigenvalue weighted by molar-refractivity contribution is 7.89. The van der Waals surface area contributed by atoms with Gasteiger partial charge in [-0.25, -0.2) is 18.5 Å². The summed E-state index contributed by atoms with van der Waals surface area (Å²) in [7, 11) is -2.32. The number of pyridine rings is 1. The Morgan fingerprint density at radius 2 is 2.19 bits per heavy atom. The van der Waals surface area contributed by atoms with Crippen molar-refractivity contribution in [3.05, 3.63) is 12.3 Å². The molecule has 0 amide bonds. The predicted octanol–water partition coefficient (Wildman–Crippen LogP) is 0.279. The molecule has 88 valence electrons. The van der Waals surface area contributed by atoms with Crippen molar-refractivity contribution in [2.45, 2.75) is 23.8 Å². The molecule has 6 nitrogen and oxygen atoms in total. The van der Waals surface area contributed by atoms with Crippen molar-refractivity contribution >= 4 is 10.0 Å². The van der Waals surface area contributed by atoms with Crippen LogP contribution in [-0.4, -0.2) is 26.6 Å². The maximum absolute atomic E-state index is 11.1. The average Bonchev–Trinajstić information content (AvgIpc) is 3.00. The van der Waals surface area contributed by atoms with Gasteiger partial charge in [0, 0.05) is 6.07 Å². The number of sulfonamides is 1. The van der Waals surface area contributed by atoms with Crippen molar-refractivity contribution in [2.24, 2.45) is 5.14 Å². The van der Waals surface area contributed by atoms with Gasteiger partial charge in [0.15, 0.2) is 5.75 Å². The molecule has 2 rings (SSSR count). The van der Waals surface area contributed by atoms with E-state index in [9.17, 15) is 8.42 Å². The van der Waals surface area contributed by atoms with Gasteiger partial charge in [0.1, 0.15) is 4.90 Å². The predicted molar refractivity (Wildman–Crippen MR) is 55.8 cm³/mol. The lowest BCUT2D eigenvalue weighted by molar-refractivity contribution is 0.276. The van der Waals surface area contributed by atoms with Gasteiger partial charge in [-0.1, -0.05) is 0 Å². The summed E-state index contributed by atoms with van der Waals surface area (Å²) in [5.74, 6) is 0.579. The number of methoxy groups -OCH3 is 1. The molecule has 0 aliphatic heterocycles. The highest BCUT2D eigenvalue weighted by Gasteiger charge is 2.26. The first-order valence-corrected chi connectivity index (χ1v) is 6.29. The van der Waals surface area contributed by atoms with Crippen molar-refractivity contribution in [3.63, 3.8) is 0 Å². The van der Waals surface area contributed by atoms with Crippen LogP contribution in [0.5, 0.6) is 11.6 Å². The highest BCUT2D eigenvalue weighted by atomic mass is 32.2. The molecule has 1 heterocycles. The minimum atomic E-state index is -3.76. The summed E-state index contributed by atoms with van der Waals surface area (Å²) < 4.78 is 32.7. The fourth-order valence-electron chi connectivity index (χ4n) is 1.17. The molecule has 2 N–H and O–H groups in total. The smallest absolute Gasteiger partial charge is 0.256 e. The maximum atomic E-state index is 11.1. The average molecular weight is 244 g/mol. The summed E-state index contributed by atoms with van der Waals surface area (Å²) >= 11 is 0. The minimum absolute atomic E-state index is 0.0797. The molecule has 16 heavy (non-hydrogen) atoms. The molecule has 0 spiro atoms. The molecule has 0 unspecified atom stereocenters. The molecular formula is C9H12N2O4S. The number of aromatic nitrogens is 1. The number of hydrogen-bond acceptors (Lipinski definition) is 5. The molecule has 0 saturated heterocycles. The van der Waals surface area contributed by atoms with Crippen LogP contribution in [0.2, 0.25) is 0 Å². The molecule has 1 aliphatic carbocycles. The van der Waals surface area contributed by atoms with Crippen molar-refractivity contribution in [2.75, 3.05) is 7.11 Å². The summed E-state index contributed by atoms with van der Waals surface area (Å²) in [6.07, 6.45) is 3.20. The van der Waals surface area contributed by atoms with Crippen molar-refractivity contribution in [1.82, 2.24) is 4.98 Å². The van der Waals surface area contributed by atoms with Gasteiger partial charge in [0.05, 0.1) is 19.4 Å². The third-order valence-corrected chi connectivity index (χ3v) is 3.01. The zero-order valence-corrected chi connectivity index (χ0v) is 9.53. The van der Waals surface area contributed by atoms with Gasteiger partial charge in [-0.2, -0.15) is 0 Å². The third-order valence-electron chi connectivity index (χ3n) is 2.13. The van der Waals surface area contributed by atoms with Crippen LogP contribution < -0.4 is 14.6 Å². The van der Waals surface area contributed by atoms with Crippen LogP contribution >= 0.6 is 0 Å². The monoisotopic (exact) mass is 244 g/mol. The van der Waals surface area contributed by atoms with Gasteiger partial charge in [0.2, 0.25) is 10.0 Å². The molecule has 0 radical (unpaired) electrons. The van der Waals surface area contributed by atoms with E-state index < -0.39 is 10.0 Å². The third kappa shape index (κ3) is 2.42. The van der Waals surface area contributed by atoms with Crippen LogP contribution in [0.25, 0.3) is 0 Å². The quantitative estimate of drug-likeness (QED) is 0.821. The van der Waals surface area contributed by atoms with E-state index in [-0.39, 0.29) is 16.9 Å². The van der Waals surface area contributed by atoms with Crippen LogP contribution in [0.3, 0.4) is 0 Å². The zero-order chi connectivity index (χ0) is 11.8. The first-order valence-electron chi connectivity index (χ1n) is 4.74. The van der Waals surface area contributed by atoms with Gasteiger partial charge in [0.25, 0.3) is 5.88 Å². The summed E-state index contributed by atoms with van der Waals surface area (Å²) in [5, 5.41) is 5.00. The van der Waals surface area contributed by atoms with Gasteiger partial charge in [-0.3, -0.25) is 0 Å². The summed E-state index contributed by atoms with van der Waals surface area (Å²) in [5.41, 5.74) is 0.